The van der Waals surface area contributed by atoms with Crippen LogP contribution in [0.4, 0.5) is 5.69 Å². The molecule has 112 valence electrons. The zero-order chi connectivity index (χ0) is 15.6. The minimum atomic E-state index is -4.08. The van der Waals surface area contributed by atoms with Crippen molar-refractivity contribution in [2.24, 2.45) is 0 Å². The molecule has 0 saturated carbocycles. The van der Waals surface area contributed by atoms with Crippen LogP contribution in [0.3, 0.4) is 0 Å². The molecule has 1 rings (SSSR count). The molecule has 0 heterocycles. The minimum Gasteiger partial charge on any atom is -0.389 e. The van der Waals surface area contributed by atoms with E-state index in [1.165, 1.54) is 13.0 Å². The van der Waals surface area contributed by atoms with Crippen LogP contribution in [0.1, 0.15) is 20.3 Å². The van der Waals surface area contributed by atoms with E-state index in [1.807, 2.05) is 0 Å². The number of hydrogen-bond donors (Lipinski definition) is 2. The second-order valence-corrected chi connectivity index (χ2v) is 7.20. The number of nitro groups is 1. The van der Waals surface area contributed by atoms with Crippen molar-refractivity contribution in [3.63, 3.8) is 0 Å². The van der Waals surface area contributed by atoms with Gasteiger partial charge < -0.3 is 5.11 Å². The Morgan fingerprint density at radius 2 is 2.10 bits per heavy atom. The molecule has 9 heteroatoms. The molecule has 7 nitrogen and oxygen atoms in total. The third kappa shape index (κ3) is 4.23. The number of rotatable bonds is 6. The van der Waals surface area contributed by atoms with E-state index in [4.69, 9.17) is 0 Å². The molecule has 0 aromatic heterocycles. The highest BCUT2D eigenvalue weighted by molar-refractivity contribution is 9.10. The number of halogens is 1. The van der Waals surface area contributed by atoms with E-state index in [-0.39, 0.29) is 6.54 Å². The highest BCUT2D eigenvalue weighted by atomic mass is 79.9. The molecule has 0 spiro atoms. The average molecular weight is 367 g/mol. The van der Waals surface area contributed by atoms with E-state index in [1.54, 1.807) is 6.92 Å². The molecule has 0 saturated heterocycles. The molecule has 20 heavy (non-hydrogen) atoms. The topological polar surface area (TPSA) is 110 Å². The summed E-state index contributed by atoms with van der Waals surface area (Å²) >= 11 is 3.08. The Labute approximate surface area is 125 Å². The number of benzene rings is 1. The first-order valence-corrected chi connectivity index (χ1v) is 8.02. The summed E-state index contributed by atoms with van der Waals surface area (Å²) in [5.74, 6) is 0. The first-order valence-electron chi connectivity index (χ1n) is 5.75. The molecule has 0 aliphatic carbocycles. The number of nitrogens with one attached hydrogen (secondary N) is 1. The molecule has 0 bridgehead atoms. The van der Waals surface area contributed by atoms with Crippen LogP contribution in [0.15, 0.2) is 27.6 Å². The van der Waals surface area contributed by atoms with Gasteiger partial charge in [-0.2, -0.15) is 0 Å². The first-order chi connectivity index (χ1) is 9.09. The zero-order valence-corrected chi connectivity index (χ0v) is 13.4. The summed E-state index contributed by atoms with van der Waals surface area (Å²) in [5, 5.41) is 20.7. The Bertz CT molecular complexity index is 615. The van der Waals surface area contributed by atoms with Crippen molar-refractivity contribution in [2.45, 2.75) is 30.8 Å². The van der Waals surface area contributed by atoms with E-state index >= 15 is 0 Å². The first kappa shape index (κ1) is 17.0. The van der Waals surface area contributed by atoms with Gasteiger partial charge in [0.15, 0.2) is 4.90 Å². The van der Waals surface area contributed by atoms with Crippen molar-refractivity contribution in [2.75, 3.05) is 6.54 Å². The van der Waals surface area contributed by atoms with Gasteiger partial charge in [-0.15, -0.1) is 0 Å². The van der Waals surface area contributed by atoms with Crippen LogP contribution in [0, 0.1) is 10.1 Å². The summed E-state index contributed by atoms with van der Waals surface area (Å²) < 4.78 is 26.8. The van der Waals surface area contributed by atoms with Crippen LogP contribution in [-0.4, -0.2) is 30.6 Å². The molecular weight excluding hydrogens is 352 g/mol. The predicted octanol–water partition coefficient (Wildman–Crippen LogP) is 1.80. The van der Waals surface area contributed by atoms with Gasteiger partial charge >= 0.3 is 0 Å². The number of nitro benzene ring substituents is 1. The largest absolute Gasteiger partial charge is 0.389 e. The van der Waals surface area contributed by atoms with E-state index < -0.39 is 31.1 Å². The summed E-state index contributed by atoms with van der Waals surface area (Å²) in [5.41, 5.74) is -1.73. The van der Waals surface area contributed by atoms with Gasteiger partial charge in [0.05, 0.1) is 10.5 Å². The van der Waals surface area contributed by atoms with E-state index in [0.717, 1.165) is 12.1 Å². The number of nitrogens with zero attached hydrogens (tertiary/aromatic N) is 1. The average Bonchev–Trinajstić information content (AvgIpc) is 2.36. The lowest BCUT2D eigenvalue weighted by molar-refractivity contribution is -0.387. The molecule has 2 N–H and O–H groups in total. The monoisotopic (exact) mass is 366 g/mol. The van der Waals surface area contributed by atoms with Crippen LogP contribution in [0.25, 0.3) is 0 Å². The molecule has 1 aromatic carbocycles. The second-order valence-electron chi connectivity index (χ2n) is 4.54. The fourth-order valence-corrected chi connectivity index (χ4v) is 3.18. The fraction of sp³-hybridized carbons (Fsp3) is 0.455. The van der Waals surface area contributed by atoms with Crippen molar-refractivity contribution in [1.29, 1.82) is 0 Å². The van der Waals surface area contributed by atoms with Gasteiger partial charge in [0.1, 0.15) is 0 Å². The quantitative estimate of drug-likeness (QED) is 0.589. The van der Waals surface area contributed by atoms with Gasteiger partial charge in [-0.25, -0.2) is 13.1 Å². The lowest BCUT2D eigenvalue weighted by Crippen LogP contribution is -2.40. The number of sulfonamides is 1. The Hall–Kier alpha value is -1.03. The summed E-state index contributed by atoms with van der Waals surface area (Å²) in [7, 11) is -4.08. The van der Waals surface area contributed by atoms with E-state index in [2.05, 4.69) is 20.7 Å². The van der Waals surface area contributed by atoms with Crippen molar-refractivity contribution >= 4 is 31.6 Å². The maximum atomic E-state index is 12.1. The van der Waals surface area contributed by atoms with E-state index in [0.29, 0.717) is 10.9 Å². The Kier molecular flexibility index (Phi) is 5.25. The van der Waals surface area contributed by atoms with Gasteiger partial charge in [-0.05, 0) is 25.5 Å². The third-order valence-corrected chi connectivity index (χ3v) is 4.74. The molecule has 1 unspecified atom stereocenters. The molecule has 1 atom stereocenters. The Morgan fingerprint density at radius 3 is 2.60 bits per heavy atom. The van der Waals surface area contributed by atoms with Crippen LogP contribution in [0.2, 0.25) is 0 Å². The number of aliphatic hydroxyl groups is 1. The standard InChI is InChI=1S/C11H15BrN2O5S/c1-3-11(2,15)7-13-20(18,19)10-6-8(12)4-5-9(10)14(16)17/h4-6,13,15H,3,7H2,1-2H3. The molecule has 1 aromatic rings. The molecule has 0 fully saturated rings. The van der Waals surface area contributed by atoms with Gasteiger partial charge in [0, 0.05) is 17.1 Å². The van der Waals surface area contributed by atoms with Crippen LogP contribution >= 0.6 is 15.9 Å². The predicted molar refractivity (Wildman–Crippen MR) is 76.9 cm³/mol. The highest BCUT2D eigenvalue weighted by Crippen LogP contribution is 2.27. The summed E-state index contributed by atoms with van der Waals surface area (Å²) in [6, 6.07) is 3.65. The van der Waals surface area contributed by atoms with Crippen LogP contribution in [-0.2, 0) is 10.0 Å². The fourth-order valence-electron chi connectivity index (χ4n) is 1.31. The Morgan fingerprint density at radius 1 is 1.50 bits per heavy atom. The van der Waals surface area contributed by atoms with Crippen LogP contribution < -0.4 is 4.72 Å². The normalized spacial score (nSPS) is 14.8. The SMILES string of the molecule is CCC(C)(O)CNS(=O)(=O)c1cc(Br)ccc1[N+](=O)[O-]. The van der Waals surface area contributed by atoms with Gasteiger partial charge in [-0.1, -0.05) is 22.9 Å². The second kappa shape index (κ2) is 6.17. The lowest BCUT2D eigenvalue weighted by Gasteiger charge is -2.21. The molecule has 0 radical (unpaired) electrons. The van der Waals surface area contributed by atoms with Crippen LogP contribution in [0.5, 0.6) is 0 Å². The summed E-state index contributed by atoms with van der Waals surface area (Å²) in [6.45, 7) is 2.95. The number of hydrogen-bond acceptors (Lipinski definition) is 5. The van der Waals surface area contributed by atoms with Crippen molar-refractivity contribution in [1.82, 2.24) is 4.72 Å². The van der Waals surface area contributed by atoms with Gasteiger partial charge in [0.25, 0.3) is 5.69 Å². The van der Waals surface area contributed by atoms with E-state index in [9.17, 15) is 23.6 Å². The maximum absolute atomic E-state index is 12.1. The highest BCUT2D eigenvalue weighted by Gasteiger charge is 2.28. The zero-order valence-electron chi connectivity index (χ0n) is 11.0. The van der Waals surface area contributed by atoms with Crippen molar-refractivity contribution < 1.29 is 18.4 Å². The molecular formula is C11H15BrN2O5S. The summed E-state index contributed by atoms with van der Waals surface area (Å²) in [6.07, 6.45) is 0.343. The maximum Gasteiger partial charge on any atom is 0.289 e. The van der Waals surface area contributed by atoms with Gasteiger partial charge in [-0.3, -0.25) is 10.1 Å². The van der Waals surface area contributed by atoms with Crippen molar-refractivity contribution in [3.8, 4) is 0 Å². The molecule has 0 aliphatic heterocycles. The minimum absolute atomic E-state index is 0.227. The lowest BCUT2D eigenvalue weighted by atomic mass is 10.1. The third-order valence-electron chi connectivity index (χ3n) is 2.81. The van der Waals surface area contributed by atoms with Crippen molar-refractivity contribution in [3.05, 3.63) is 32.8 Å². The Balaban J connectivity index is 3.16. The summed E-state index contributed by atoms with van der Waals surface area (Å²) in [4.78, 5) is 9.68. The molecule has 0 amide bonds. The molecule has 0 aliphatic rings. The smallest absolute Gasteiger partial charge is 0.289 e. The van der Waals surface area contributed by atoms with Gasteiger partial charge in [0.2, 0.25) is 10.0 Å².